The number of rotatable bonds is 4. The van der Waals surface area contributed by atoms with Crippen molar-refractivity contribution in [3.05, 3.63) is 11.6 Å². The van der Waals surface area contributed by atoms with Gasteiger partial charge >= 0.3 is 0 Å². The van der Waals surface area contributed by atoms with Gasteiger partial charge in [-0.15, -0.1) is 0 Å². The van der Waals surface area contributed by atoms with Crippen molar-refractivity contribution in [2.75, 3.05) is 0 Å². The second kappa shape index (κ2) is 6.97. The highest BCUT2D eigenvalue weighted by atomic mass is 16.3. The molecule has 0 amide bonds. The fraction of sp³-hybridized carbons (Fsp3) is 0.842. The minimum absolute atomic E-state index is 0.271. The van der Waals surface area contributed by atoms with E-state index in [0.29, 0.717) is 5.92 Å². The topological polar surface area (TPSA) is 44.0 Å². The molecule has 2 rings (SSSR count). The zero-order valence-electron chi connectivity index (χ0n) is 13.9. The van der Waals surface area contributed by atoms with Crippen LogP contribution in [0.2, 0.25) is 0 Å². The number of aliphatic hydroxyl groups is 1. The molecular weight excluding hydrogens is 258 g/mol. The molecule has 0 saturated heterocycles. The maximum absolute atomic E-state index is 11.0. The molecule has 1 saturated carbocycles. The molecule has 2 heteroatoms. The Morgan fingerprint density at radius 1 is 1.43 bits per heavy atom. The molecule has 0 bridgehead atoms. The molecule has 2 aliphatic carbocycles. The number of nitriles is 1. The van der Waals surface area contributed by atoms with Gasteiger partial charge in [0, 0.05) is 0 Å². The summed E-state index contributed by atoms with van der Waals surface area (Å²) < 4.78 is 0. The fourth-order valence-electron chi connectivity index (χ4n) is 4.65. The third kappa shape index (κ3) is 3.69. The maximum Gasteiger partial charge on any atom is 0.0835 e. The fourth-order valence-corrected chi connectivity index (χ4v) is 4.65. The van der Waals surface area contributed by atoms with Crippen LogP contribution in [0.25, 0.3) is 0 Å². The average Bonchev–Trinajstić information content (AvgIpc) is 2.47. The van der Waals surface area contributed by atoms with Crippen molar-refractivity contribution in [2.45, 2.75) is 78.2 Å². The summed E-state index contributed by atoms with van der Waals surface area (Å²) in [6.07, 6.45) is 10.4. The predicted molar refractivity (Wildman–Crippen MR) is 86.6 cm³/mol. The Hall–Kier alpha value is -0.810. The molecule has 21 heavy (non-hydrogen) atoms. The second-order valence-electron chi connectivity index (χ2n) is 7.64. The number of hydrogen-bond donors (Lipinski definition) is 1. The van der Waals surface area contributed by atoms with Crippen LogP contribution in [0.3, 0.4) is 0 Å². The summed E-state index contributed by atoms with van der Waals surface area (Å²) in [4.78, 5) is 0. The first-order valence-corrected chi connectivity index (χ1v) is 8.77. The third-order valence-electron chi connectivity index (χ3n) is 5.76. The summed E-state index contributed by atoms with van der Waals surface area (Å²) >= 11 is 0. The molecule has 0 aromatic rings. The number of allylic oxidation sites excluding steroid dienone is 2. The van der Waals surface area contributed by atoms with E-state index in [1.54, 1.807) is 0 Å². The van der Waals surface area contributed by atoms with Gasteiger partial charge in [-0.05, 0) is 63.2 Å². The van der Waals surface area contributed by atoms with Crippen LogP contribution in [-0.4, -0.2) is 11.2 Å². The molecule has 0 radical (unpaired) electrons. The van der Waals surface area contributed by atoms with Crippen LogP contribution in [0.1, 0.15) is 72.1 Å². The molecule has 1 N–H and O–H groups in total. The molecular formula is C19H31NO. The lowest BCUT2D eigenvalue weighted by Crippen LogP contribution is -2.43. The Morgan fingerprint density at radius 3 is 2.62 bits per heavy atom. The average molecular weight is 289 g/mol. The Labute approximate surface area is 130 Å². The van der Waals surface area contributed by atoms with Gasteiger partial charge in [-0.1, -0.05) is 38.3 Å². The number of aliphatic hydroxyl groups excluding tert-OH is 1. The van der Waals surface area contributed by atoms with E-state index in [1.165, 1.54) is 18.4 Å². The van der Waals surface area contributed by atoms with E-state index >= 15 is 0 Å². The van der Waals surface area contributed by atoms with E-state index in [9.17, 15) is 10.4 Å². The number of nitrogens with zero attached hydrogens (tertiary/aromatic N) is 1. The lowest BCUT2D eigenvalue weighted by Gasteiger charge is -2.42. The minimum Gasteiger partial charge on any atom is -0.391 e. The van der Waals surface area contributed by atoms with Crippen molar-refractivity contribution in [1.29, 1.82) is 5.26 Å². The van der Waals surface area contributed by atoms with Crippen LogP contribution >= 0.6 is 0 Å². The Bertz CT molecular complexity index is 412. The van der Waals surface area contributed by atoms with Gasteiger partial charge in [0.25, 0.3) is 0 Å². The lowest BCUT2D eigenvalue weighted by atomic mass is 9.62. The van der Waals surface area contributed by atoms with E-state index in [4.69, 9.17) is 0 Å². The second-order valence-corrected chi connectivity index (χ2v) is 7.64. The van der Waals surface area contributed by atoms with Gasteiger partial charge in [-0.2, -0.15) is 5.26 Å². The molecule has 2 aliphatic rings. The summed E-state index contributed by atoms with van der Waals surface area (Å²) in [7, 11) is 0. The largest absolute Gasteiger partial charge is 0.391 e. The van der Waals surface area contributed by atoms with Crippen LogP contribution in [0.4, 0.5) is 0 Å². The highest BCUT2D eigenvalue weighted by Gasteiger charge is 2.45. The van der Waals surface area contributed by atoms with Crippen LogP contribution in [0.5, 0.6) is 0 Å². The molecule has 3 atom stereocenters. The molecule has 0 aliphatic heterocycles. The van der Waals surface area contributed by atoms with Crippen LogP contribution in [-0.2, 0) is 0 Å². The first-order valence-electron chi connectivity index (χ1n) is 8.77. The normalized spacial score (nSPS) is 38.4. The van der Waals surface area contributed by atoms with Gasteiger partial charge in [-0.3, -0.25) is 0 Å². The van der Waals surface area contributed by atoms with Crippen molar-refractivity contribution >= 4 is 0 Å². The Balaban J connectivity index is 2.04. The standard InChI is InChI=1S/C19H31NO/c1-4-5-16-6-8-19(13-20,9-7-16)18(21)17-11-14(2)10-15(3)12-17/h10,14,16-18,21H,4-9,11-12H2,1-3H3. The van der Waals surface area contributed by atoms with Crippen LogP contribution in [0.15, 0.2) is 11.6 Å². The van der Waals surface area contributed by atoms with E-state index in [0.717, 1.165) is 44.4 Å². The molecule has 0 aromatic carbocycles. The van der Waals surface area contributed by atoms with Crippen molar-refractivity contribution < 1.29 is 5.11 Å². The van der Waals surface area contributed by atoms with Gasteiger partial charge in [-0.25, -0.2) is 0 Å². The molecule has 1 fully saturated rings. The molecule has 3 unspecified atom stereocenters. The first kappa shape index (κ1) is 16.6. The van der Waals surface area contributed by atoms with Crippen molar-refractivity contribution in [2.24, 2.45) is 23.2 Å². The monoisotopic (exact) mass is 289 g/mol. The zero-order chi connectivity index (χ0) is 15.5. The quantitative estimate of drug-likeness (QED) is 0.753. The van der Waals surface area contributed by atoms with Gasteiger partial charge in [0.05, 0.1) is 17.6 Å². The molecule has 118 valence electrons. The van der Waals surface area contributed by atoms with Crippen molar-refractivity contribution in [1.82, 2.24) is 0 Å². The highest BCUT2D eigenvalue weighted by Crippen LogP contribution is 2.47. The molecule has 0 spiro atoms. The summed E-state index contributed by atoms with van der Waals surface area (Å²) in [6.45, 7) is 6.62. The Kier molecular flexibility index (Phi) is 5.49. The van der Waals surface area contributed by atoms with E-state index in [2.05, 4.69) is 32.9 Å². The van der Waals surface area contributed by atoms with Gasteiger partial charge in [0.1, 0.15) is 0 Å². The van der Waals surface area contributed by atoms with E-state index < -0.39 is 11.5 Å². The predicted octanol–water partition coefficient (Wildman–Crippen LogP) is 4.84. The van der Waals surface area contributed by atoms with Gasteiger partial charge in [0.2, 0.25) is 0 Å². The highest BCUT2D eigenvalue weighted by molar-refractivity contribution is 5.13. The first-order chi connectivity index (χ1) is 10.0. The Morgan fingerprint density at radius 2 is 2.10 bits per heavy atom. The summed E-state index contributed by atoms with van der Waals surface area (Å²) in [5.74, 6) is 1.58. The number of hydrogen-bond acceptors (Lipinski definition) is 2. The van der Waals surface area contributed by atoms with Crippen LogP contribution < -0.4 is 0 Å². The summed E-state index contributed by atoms with van der Waals surface area (Å²) in [5, 5.41) is 20.7. The minimum atomic E-state index is -0.480. The lowest BCUT2D eigenvalue weighted by molar-refractivity contribution is -0.0227. The molecule has 0 heterocycles. The summed E-state index contributed by atoms with van der Waals surface area (Å²) in [6, 6.07) is 2.54. The van der Waals surface area contributed by atoms with Crippen molar-refractivity contribution in [3.8, 4) is 6.07 Å². The molecule has 0 aromatic heterocycles. The molecule has 2 nitrogen and oxygen atoms in total. The van der Waals surface area contributed by atoms with E-state index in [1.807, 2.05) is 0 Å². The zero-order valence-corrected chi connectivity index (χ0v) is 13.9. The van der Waals surface area contributed by atoms with E-state index in [-0.39, 0.29) is 5.92 Å². The SMILES string of the molecule is CCCC1CCC(C#N)(C(O)C2CC(C)=CC(C)C2)CC1. The summed E-state index contributed by atoms with van der Waals surface area (Å²) in [5.41, 5.74) is 0.900. The maximum atomic E-state index is 11.0. The third-order valence-corrected chi connectivity index (χ3v) is 5.76. The smallest absolute Gasteiger partial charge is 0.0835 e. The van der Waals surface area contributed by atoms with Gasteiger partial charge in [0.15, 0.2) is 0 Å². The van der Waals surface area contributed by atoms with Crippen LogP contribution in [0, 0.1) is 34.5 Å². The van der Waals surface area contributed by atoms with Gasteiger partial charge < -0.3 is 5.11 Å². The van der Waals surface area contributed by atoms with Crippen molar-refractivity contribution in [3.63, 3.8) is 0 Å².